The third-order valence-corrected chi connectivity index (χ3v) is 1.36. The van der Waals surface area contributed by atoms with Crippen LogP contribution >= 0.6 is 0 Å². The Bertz CT molecular complexity index is 374. The Morgan fingerprint density at radius 3 is 2.43 bits per heavy atom. The first kappa shape index (κ1) is 10.4. The van der Waals surface area contributed by atoms with E-state index in [0.29, 0.717) is 6.20 Å². The molecule has 0 aromatic carbocycles. The fraction of sp³-hybridized carbons (Fsp3) is 0.143. The molecule has 0 bridgehead atoms. The number of aromatic carboxylic acids is 1. The summed E-state index contributed by atoms with van der Waals surface area (Å²) < 4.78 is 48.7. The van der Waals surface area contributed by atoms with Gasteiger partial charge in [-0.05, 0) is 6.07 Å². The van der Waals surface area contributed by atoms with Gasteiger partial charge in [-0.2, -0.15) is 13.2 Å². The molecular formula is C7H3F4NO2. The minimum atomic E-state index is -4.93. The maximum atomic E-state index is 12.4. The highest BCUT2D eigenvalue weighted by molar-refractivity contribution is 5.87. The van der Waals surface area contributed by atoms with Crippen LogP contribution in [0.1, 0.15) is 16.1 Å². The molecule has 76 valence electrons. The van der Waals surface area contributed by atoms with Crippen molar-refractivity contribution in [1.29, 1.82) is 0 Å². The normalized spacial score (nSPS) is 11.4. The Morgan fingerprint density at radius 2 is 2.00 bits per heavy atom. The number of rotatable bonds is 1. The van der Waals surface area contributed by atoms with Crippen LogP contribution in [-0.2, 0) is 6.18 Å². The fourth-order valence-electron chi connectivity index (χ4n) is 0.826. The zero-order chi connectivity index (χ0) is 10.9. The molecule has 0 aliphatic rings. The molecule has 7 heteroatoms. The summed E-state index contributed by atoms with van der Waals surface area (Å²) in [6.45, 7) is 0. The van der Waals surface area contributed by atoms with Crippen molar-refractivity contribution < 1.29 is 27.5 Å². The predicted octanol–water partition coefficient (Wildman–Crippen LogP) is 1.94. The highest BCUT2D eigenvalue weighted by atomic mass is 19.4. The molecule has 0 radical (unpaired) electrons. The Labute approximate surface area is 75.0 Å². The molecule has 0 saturated heterocycles. The van der Waals surface area contributed by atoms with Crippen LogP contribution in [0.25, 0.3) is 0 Å². The number of carbonyl (C=O) groups is 1. The number of halogens is 4. The molecule has 1 aromatic rings. The summed E-state index contributed by atoms with van der Waals surface area (Å²) in [5, 5.41) is 8.33. The minimum Gasteiger partial charge on any atom is -0.476 e. The van der Waals surface area contributed by atoms with Crippen LogP contribution in [0, 0.1) is 5.82 Å². The zero-order valence-electron chi connectivity index (χ0n) is 6.47. The molecule has 1 rings (SSSR count). The monoisotopic (exact) mass is 209 g/mol. The lowest BCUT2D eigenvalue weighted by Gasteiger charge is -2.08. The second-order valence-corrected chi connectivity index (χ2v) is 2.35. The van der Waals surface area contributed by atoms with E-state index in [2.05, 4.69) is 4.98 Å². The van der Waals surface area contributed by atoms with Crippen molar-refractivity contribution >= 4 is 5.97 Å². The lowest BCUT2D eigenvalue weighted by atomic mass is 10.2. The Hall–Kier alpha value is -1.66. The molecule has 1 N–H and O–H groups in total. The SMILES string of the molecule is O=C(O)c1ncc(F)cc1C(F)(F)F. The quantitative estimate of drug-likeness (QED) is 0.719. The molecule has 0 fully saturated rings. The molecule has 1 heterocycles. The Kier molecular flexibility index (Phi) is 2.41. The Morgan fingerprint density at radius 1 is 1.43 bits per heavy atom. The lowest BCUT2D eigenvalue weighted by molar-refractivity contribution is -0.138. The van der Waals surface area contributed by atoms with E-state index in [4.69, 9.17) is 5.11 Å². The van der Waals surface area contributed by atoms with E-state index in [1.165, 1.54) is 0 Å². The standard InChI is InChI=1S/C7H3F4NO2/c8-3-1-4(7(9,10)11)5(6(13)14)12-2-3/h1-2H,(H,13,14). The van der Waals surface area contributed by atoms with Crippen molar-refractivity contribution in [3.63, 3.8) is 0 Å². The van der Waals surface area contributed by atoms with Crippen LogP contribution in [0.2, 0.25) is 0 Å². The van der Waals surface area contributed by atoms with Crippen molar-refractivity contribution in [2.45, 2.75) is 6.18 Å². The van der Waals surface area contributed by atoms with Crippen LogP contribution in [0.4, 0.5) is 17.6 Å². The second-order valence-electron chi connectivity index (χ2n) is 2.35. The summed E-state index contributed by atoms with van der Waals surface area (Å²) >= 11 is 0. The van der Waals surface area contributed by atoms with Crippen molar-refractivity contribution in [3.8, 4) is 0 Å². The summed E-state index contributed by atoms with van der Waals surface area (Å²) in [7, 11) is 0. The van der Waals surface area contributed by atoms with E-state index < -0.39 is 29.2 Å². The maximum absolute atomic E-state index is 12.4. The molecule has 3 nitrogen and oxygen atoms in total. The van der Waals surface area contributed by atoms with E-state index >= 15 is 0 Å². The van der Waals surface area contributed by atoms with Crippen molar-refractivity contribution in [3.05, 3.63) is 29.3 Å². The van der Waals surface area contributed by atoms with Crippen LogP contribution in [-0.4, -0.2) is 16.1 Å². The molecule has 0 atom stereocenters. The van der Waals surface area contributed by atoms with Gasteiger partial charge in [0.2, 0.25) is 0 Å². The summed E-state index contributed by atoms with van der Waals surface area (Å²) in [4.78, 5) is 13.1. The van der Waals surface area contributed by atoms with E-state index in [0.717, 1.165) is 0 Å². The number of alkyl halides is 3. The van der Waals surface area contributed by atoms with Gasteiger partial charge in [0.15, 0.2) is 5.69 Å². The van der Waals surface area contributed by atoms with E-state index in [9.17, 15) is 22.4 Å². The smallest absolute Gasteiger partial charge is 0.418 e. The number of hydrogen-bond donors (Lipinski definition) is 1. The van der Waals surface area contributed by atoms with Gasteiger partial charge in [-0.1, -0.05) is 0 Å². The first-order valence-electron chi connectivity index (χ1n) is 3.28. The Balaban J connectivity index is 3.38. The molecule has 1 aromatic heterocycles. The molecule has 0 saturated carbocycles. The zero-order valence-corrected chi connectivity index (χ0v) is 6.47. The van der Waals surface area contributed by atoms with Gasteiger partial charge in [0, 0.05) is 0 Å². The molecule has 0 amide bonds. The van der Waals surface area contributed by atoms with Crippen molar-refractivity contribution in [2.75, 3.05) is 0 Å². The predicted molar refractivity (Wildman–Crippen MR) is 36.2 cm³/mol. The number of carboxylic acids is 1. The number of aromatic nitrogens is 1. The summed E-state index contributed by atoms with van der Waals surface area (Å²) in [6, 6.07) is 0.0937. The minimum absolute atomic E-state index is 0.0937. The average molecular weight is 209 g/mol. The maximum Gasteiger partial charge on any atom is 0.418 e. The van der Waals surface area contributed by atoms with E-state index in [-0.39, 0.29) is 6.07 Å². The lowest BCUT2D eigenvalue weighted by Crippen LogP contribution is -2.15. The molecular weight excluding hydrogens is 206 g/mol. The highest BCUT2D eigenvalue weighted by Gasteiger charge is 2.36. The third-order valence-electron chi connectivity index (χ3n) is 1.36. The van der Waals surface area contributed by atoms with Gasteiger partial charge >= 0.3 is 12.1 Å². The molecule has 14 heavy (non-hydrogen) atoms. The largest absolute Gasteiger partial charge is 0.476 e. The van der Waals surface area contributed by atoms with Crippen LogP contribution in [0.3, 0.4) is 0 Å². The van der Waals surface area contributed by atoms with Crippen molar-refractivity contribution in [2.24, 2.45) is 0 Å². The van der Waals surface area contributed by atoms with Crippen molar-refractivity contribution in [1.82, 2.24) is 4.98 Å². The third kappa shape index (κ3) is 1.98. The van der Waals surface area contributed by atoms with Gasteiger partial charge in [0.05, 0.1) is 11.8 Å². The van der Waals surface area contributed by atoms with Gasteiger partial charge in [0.1, 0.15) is 5.82 Å². The van der Waals surface area contributed by atoms with Gasteiger partial charge in [-0.15, -0.1) is 0 Å². The molecule has 0 aliphatic carbocycles. The summed E-state index contributed by atoms with van der Waals surface area (Å²) in [5.74, 6) is -3.08. The van der Waals surface area contributed by atoms with Crippen LogP contribution < -0.4 is 0 Å². The summed E-state index contributed by atoms with van der Waals surface area (Å²) in [6.07, 6.45) is -4.51. The number of carboxylic acid groups (broad SMARTS) is 1. The van der Waals surface area contributed by atoms with E-state index in [1.807, 2.05) is 0 Å². The van der Waals surface area contributed by atoms with Crippen LogP contribution in [0.15, 0.2) is 12.3 Å². The fourth-order valence-corrected chi connectivity index (χ4v) is 0.826. The second kappa shape index (κ2) is 3.24. The first-order chi connectivity index (χ1) is 6.32. The van der Waals surface area contributed by atoms with E-state index in [1.54, 1.807) is 0 Å². The molecule has 0 spiro atoms. The summed E-state index contributed by atoms with van der Waals surface area (Å²) in [5.41, 5.74) is -2.80. The molecule has 0 unspecified atom stereocenters. The number of hydrogen-bond acceptors (Lipinski definition) is 2. The average Bonchev–Trinajstić information content (AvgIpc) is 2.01. The highest BCUT2D eigenvalue weighted by Crippen LogP contribution is 2.31. The van der Waals surface area contributed by atoms with Gasteiger partial charge < -0.3 is 5.11 Å². The van der Waals surface area contributed by atoms with Gasteiger partial charge in [-0.3, -0.25) is 0 Å². The topological polar surface area (TPSA) is 50.2 Å². The van der Waals surface area contributed by atoms with Crippen LogP contribution in [0.5, 0.6) is 0 Å². The number of nitrogens with zero attached hydrogens (tertiary/aromatic N) is 1. The first-order valence-corrected chi connectivity index (χ1v) is 3.28. The van der Waals surface area contributed by atoms with Gasteiger partial charge in [0.25, 0.3) is 0 Å². The molecule has 0 aliphatic heterocycles. The van der Waals surface area contributed by atoms with Gasteiger partial charge in [-0.25, -0.2) is 14.2 Å². The number of pyridine rings is 1.